The predicted octanol–water partition coefficient (Wildman–Crippen LogP) is 2.57. The molecule has 21 heavy (non-hydrogen) atoms. The molecule has 8 heteroatoms. The van der Waals surface area contributed by atoms with Crippen molar-refractivity contribution in [3.63, 3.8) is 0 Å². The van der Waals surface area contributed by atoms with Gasteiger partial charge in [0, 0.05) is 25.7 Å². The standard InChI is InChI=1S/C13H21F3N2O3/c1-4-9(3)18(5-2)11(21)17-7-6-12(8-17,10(19)20)13(14,15)16/h9H,4-8H2,1-3H3,(H,19,20). The Hall–Kier alpha value is -1.47. The number of halogens is 3. The summed E-state index contributed by atoms with van der Waals surface area (Å²) in [6.07, 6.45) is -4.80. The number of hydrogen-bond acceptors (Lipinski definition) is 2. The number of likely N-dealkylation sites (tertiary alicyclic amines) is 1. The van der Waals surface area contributed by atoms with Crippen LogP contribution in [0.4, 0.5) is 18.0 Å². The molecule has 0 aliphatic carbocycles. The van der Waals surface area contributed by atoms with Gasteiger partial charge in [-0.15, -0.1) is 0 Å². The Bertz CT molecular complexity index is 414. The van der Waals surface area contributed by atoms with Crippen LogP contribution in [-0.2, 0) is 4.79 Å². The van der Waals surface area contributed by atoms with Crippen LogP contribution in [0.25, 0.3) is 0 Å². The van der Waals surface area contributed by atoms with Gasteiger partial charge in [-0.25, -0.2) is 4.79 Å². The predicted molar refractivity (Wildman–Crippen MR) is 69.8 cm³/mol. The maximum absolute atomic E-state index is 13.1. The quantitative estimate of drug-likeness (QED) is 0.868. The lowest BCUT2D eigenvalue weighted by molar-refractivity contribution is -0.227. The molecule has 1 fully saturated rings. The lowest BCUT2D eigenvalue weighted by atomic mass is 9.86. The summed E-state index contributed by atoms with van der Waals surface area (Å²) in [7, 11) is 0. The first kappa shape index (κ1) is 17.6. The summed E-state index contributed by atoms with van der Waals surface area (Å²) in [4.78, 5) is 25.9. The average Bonchev–Trinajstić information content (AvgIpc) is 2.85. The van der Waals surface area contributed by atoms with Crippen LogP contribution in [-0.4, -0.2) is 58.8 Å². The molecular weight excluding hydrogens is 289 g/mol. The first-order valence-electron chi connectivity index (χ1n) is 6.96. The van der Waals surface area contributed by atoms with E-state index < -0.39 is 36.6 Å². The van der Waals surface area contributed by atoms with Crippen molar-refractivity contribution in [1.29, 1.82) is 0 Å². The number of alkyl halides is 3. The molecule has 0 aromatic carbocycles. The summed E-state index contributed by atoms with van der Waals surface area (Å²) < 4.78 is 39.2. The molecule has 1 aliphatic rings. The molecule has 1 N–H and O–H groups in total. The minimum atomic E-state index is -4.87. The van der Waals surface area contributed by atoms with E-state index in [1.165, 1.54) is 4.90 Å². The van der Waals surface area contributed by atoms with Crippen LogP contribution < -0.4 is 0 Å². The monoisotopic (exact) mass is 310 g/mol. The molecule has 2 atom stereocenters. The van der Waals surface area contributed by atoms with E-state index in [0.29, 0.717) is 13.0 Å². The number of urea groups is 1. The van der Waals surface area contributed by atoms with Crippen molar-refractivity contribution in [2.24, 2.45) is 5.41 Å². The van der Waals surface area contributed by atoms with Gasteiger partial charge in [-0.3, -0.25) is 4.79 Å². The van der Waals surface area contributed by atoms with E-state index in [4.69, 9.17) is 5.11 Å². The van der Waals surface area contributed by atoms with E-state index >= 15 is 0 Å². The molecule has 0 aromatic heterocycles. The lowest BCUT2D eigenvalue weighted by Crippen LogP contribution is -2.51. The first-order chi connectivity index (χ1) is 9.60. The van der Waals surface area contributed by atoms with Crippen molar-refractivity contribution in [1.82, 2.24) is 9.80 Å². The summed E-state index contributed by atoms with van der Waals surface area (Å²) in [6, 6.07) is -0.632. The zero-order valence-corrected chi connectivity index (χ0v) is 12.4. The summed E-state index contributed by atoms with van der Waals surface area (Å²) in [5.41, 5.74) is -2.85. The van der Waals surface area contributed by atoms with E-state index in [0.717, 1.165) is 4.90 Å². The highest BCUT2D eigenvalue weighted by Crippen LogP contribution is 2.45. The van der Waals surface area contributed by atoms with Crippen LogP contribution in [0.2, 0.25) is 0 Å². The molecular formula is C13H21F3N2O3. The zero-order chi connectivity index (χ0) is 16.4. The highest BCUT2D eigenvalue weighted by Gasteiger charge is 2.64. The molecule has 1 saturated heterocycles. The van der Waals surface area contributed by atoms with E-state index in [-0.39, 0.29) is 12.6 Å². The van der Waals surface area contributed by atoms with Gasteiger partial charge in [0.25, 0.3) is 0 Å². The minimum Gasteiger partial charge on any atom is -0.481 e. The van der Waals surface area contributed by atoms with Crippen molar-refractivity contribution in [3.8, 4) is 0 Å². The van der Waals surface area contributed by atoms with Gasteiger partial charge in [-0.05, 0) is 26.7 Å². The number of carbonyl (C=O) groups is 2. The van der Waals surface area contributed by atoms with Gasteiger partial charge in [0.05, 0.1) is 0 Å². The van der Waals surface area contributed by atoms with Crippen LogP contribution in [0.15, 0.2) is 0 Å². The van der Waals surface area contributed by atoms with E-state index in [1.54, 1.807) is 6.92 Å². The molecule has 1 rings (SSSR count). The molecule has 0 radical (unpaired) electrons. The second-order valence-corrected chi connectivity index (χ2v) is 5.38. The highest BCUT2D eigenvalue weighted by atomic mass is 19.4. The smallest absolute Gasteiger partial charge is 0.406 e. The van der Waals surface area contributed by atoms with Gasteiger partial charge in [0.1, 0.15) is 0 Å². The van der Waals surface area contributed by atoms with Crippen LogP contribution >= 0.6 is 0 Å². The zero-order valence-electron chi connectivity index (χ0n) is 12.4. The van der Waals surface area contributed by atoms with Gasteiger partial charge in [-0.1, -0.05) is 6.92 Å². The van der Waals surface area contributed by atoms with Gasteiger partial charge in [0.15, 0.2) is 5.41 Å². The number of carboxylic acid groups (broad SMARTS) is 1. The summed E-state index contributed by atoms with van der Waals surface area (Å²) >= 11 is 0. The van der Waals surface area contributed by atoms with Crippen molar-refractivity contribution < 1.29 is 27.9 Å². The molecule has 1 aliphatic heterocycles. The summed E-state index contributed by atoms with van der Waals surface area (Å²) in [5, 5.41) is 8.98. The topological polar surface area (TPSA) is 60.9 Å². The Balaban J connectivity index is 2.95. The second-order valence-electron chi connectivity index (χ2n) is 5.38. The molecule has 0 aromatic rings. The van der Waals surface area contributed by atoms with E-state index in [9.17, 15) is 22.8 Å². The third-order valence-corrected chi connectivity index (χ3v) is 4.20. The summed E-state index contributed by atoms with van der Waals surface area (Å²) in [6.45, 7) is 4.79. The number of hydrogen-bond donors (Lipinski definition) is 1. The highest BCUT2D eigenvalue weighted by molar-refractivity contribution is 5.80. The van der Waals surface area contributed by atoms with Gasteiger partial charge >= 0.3 is 18.2 Å². The average molecular weight is 310 g/mol. The van der Waals surface area contributed by atoms with Crippen molar-refractivity contribution in [3.05, 3.63) is 0 Å². The fourth-order valence-corrected chi connectivity index (χ4v) is 2.54. The second kappa shape index (κ2) is 6.11. The van der Waals surface area contributed by atoms with Gasteiger partial charge in [-0.2, -0.15) is 13.2 Å². The normalized spacial score (nSPS) is 24.0. The Morgan fingerprint density at radius 1 is 1.38 bits per heavy atom. The van der Waals surface area contributed by atoms with Gasteiger partial charge in [0.2, 0.25) is 0 Å². The van der Waals surface area contributed by atoms with E-state index in [1.807, 2.05) is 13.8 Å². The third-order valence-electron chi connectivity index (χ3n) is 4.20. The minimum absolute atomic E-state index is 0.104. The molecule has 2 unspecified atom stereocenters. The SMILES string of the molecule is CCC(C)N(CC)C(=O)N1CCC(C(=O)O)(C(F)(F)F)C1. The van der Waals surface area contributed by atoms with Crippen molar-refractivity contribution in [2.45, 2.75) is 45.8 Å². The molecule has 0 bridgehead atoms. The number of aliphatic carboxylic acids is 1. The van der Waals surface area contributed by atoms with Crippen LogP contribution in [0.3, 0.4) is 0 Å². The fraction of sp³-hybridized carbons (Fsp3) is 0.846. The van der Waals surface area contributed by atoms with Crippen molar-refractivity contribution in [2.75, 3.05) is 19.6 Å². The van der Waals surface area contributed by atoms with Crippen molar-refractivity contribution >= 4 is 12.0 Å². The Morgan fingerprint density at radius 3 is 2.29 bits per heavy atom. The largest absolute Gasteiger partial charge is 0.481 e. The summed E-state index contributed by atoms with van der Waals surface area (Å²) in [5.74, 6) is -1.92. The van der Waals surface area contributed by atoms with Crippen LogP contribution in [0, 0.1) is 5.41 Å². The Morgan fingerprint density at radius 2 is 1.95 bits per heavy atom. The Kier molecular flexibility index (Phi) is 5.11. The molecule has 0 spiro atoms. The molecule has 5 nitrogen and oxygen atoms in total. The molecule has 1 heterocycles. The van der Waals surface area contributed by atoms with Gasteiger partial charge < -0.3 is 14.9 Å². The van der Waals surface area contributed by atoms with Crippen LogP contribution in [0.1, 0.15) is 33.6 Å². The molecule has 2 amide bonds. The first-order valence-corrected chi connectivity index (χ1v) is 6.96. The maximum Gasteiger partial charge on any atom is 0.406 e. The lowest BCUT2D eigenvalue weighted by Gasteiger charge is -2.33. The van der Waals surface area contributed by atoms with Crippen LogP contribution in [0.5, 0.6) is 0 Å². The number of amides is 2. The molecule has 122 valence electrons. The number of rotatable bonds is 4. The third kappa shape index (κ3) is 3.08. The maximum atomic E-state index is 13.1. The number of carbonyl (C=O) groups excluding carboxylic acids is 1. The van der Waals surface area contributed by atoms with E-state index in [2.05, 4.69) is 0 Å². The number of carboxylic acids is 1. The Labute approximate surface area is 121 Å². The molecule has 0 saturated carbocycles. The number of nitrogens with zero attached hydrogens (tertiary/aromatic N) is 2. The fourth-order valence-electron chi connectivity index (χ4n) is 2.54.